The van der Waals surface area contributed by atoms with Crippen molar-refractivity contribution < 1.29 is 13.2 Å². The number of nitrogens with one attached hydrogen (secondary N) is 1. The van der Waals surface area contributed by atoms with Crippen LogP contribution in [0.3, 0.4) is 0 Å². The van der Waals surface area contributed by atoms with Gasteiger partial charge < -0.3 is 10.1 Å². The first-order valence-electron chi connectivity index (χ1n) is 6.55. The van der Waals surface area contributed by atoms with E-state index in [1.54, 1.807) is 55.8 Å². The van der Waals surface area contributed by atoms with E-state index in [0.29, 0.717) is 16.5 Å². The van der Waals surface area contributed by atoms with Crippen LogP contribution in [0.25, 0.3) is 0 Å². The Bertz CT molecular complexity index is 687. The molecule has 112 valence electrons. The van der Waals surface area contributed by atoms with E-state index in [4.69, 9.17) is 4.74 Å². The summed E-state index contributed by atoms with van der Waals surface area (Å²) < 4.78 is 29.7. The molecule has 0 aliphatic rings. The average Bonchev–Trinajstić information content (AvgIpc) is 2.47. The molecule has 0 bridgehead atoms. The summed E-state index contributed by atoms with van der Waals surface area (Å²) in [5.74, 6) is 1.26. The maximum absolute atomic E-state index is 12.3. The van der Waals surface area contributed by atoms with E-state index >= 15 is 0 Å². The normalized spacial score (nSPS) is 12.7. The summed E-state index contributed by atoms with van der Waals surface area (Å²) in [6.45, 7) is 1.81. The van der Waals surface area contributed by atoms with Crippen molar-refractivity contribution in [2.75, 3.05) is 18.2 Å². The second-order valence-corrected chi connectivity index (χ2v) is 6.75. The molecule has 6 heteroatoms. The van der Waals surface area contributed by atoms with E-state index in [-0.39, 0.29) is 11.8 Å². The Morgan fingerprint density at radius 3 is 2.62 bits per heavy atom. The third kappa shape index (κ3) is 4.19. The van der Waals surface area contributed by atoms with Gasteiger partial charge in [-0.3, -0.25) is 0 Å². The van der Waals surface area contributed by atoms with Gasteiger partial charge in [-0.25, -0.2) is 13.4 Å². The Labute approximate surface area is 124 Å². The highest BCUT2D eigenvalue weighted by atomic mass is 32.2. The fourth-order valence-electron chi connectivity index (χ4n) is 1.96. The van der Waals surface area contributed by atoms with Gasteiger partial charge in [-0.1, -0.05) is 18.2 Å². The van der Waals surface area contributed by atoms with Crippen molar-refractivity contribution >= 4 is 15.7 Å². The van der Waals surface area contributed by atoms with Crippen molar-refractivity contribution in [1.29, 1.82) is 0 Å². The van der Waals surface area contributed by atoms with Gasteiger partial charge in [0.2, 0.25) is 0 Å². The van der Waals surface area contributed by atoms with Crippen LogP contribution in [-0.4, -0.2) is 32.3 Å². The molecule has 0 unspecified atom stereocenters. The molecule has 1 aromatic heterocycles. The van der Waals surface area contributed by atoms with Crippen LogP contribution in [0, 0.1) is 0 Å². The van der Waals surface area contributed by atoms with Crippen LogP contribution in [-0.2, 0) is 9.84 Å². The molecule has 1 N–H and O–H groups in total. The van der Waals surface area contributed by atoms with Crippen LogP contribution in [0.2, 0.25) is 0 Å². The van der Waals surface area contributed by atoms with Crippen molar-refractivity contribution in [2.45, 2.75) is 17.9 Å². The van der Waals surface area contributed by atoms with Gasteiger partial charge in [0.25, 0.3) is 0 Å². The standard InChI is InChI=1S/C15H18N2O3S/c1-12(17-15-10-13(20-2)8-9-16-15)11-21(18,19)14-6-4-3-5-7-14/h3-10,12H,11H2,1-2H3,(H,16,17)/t12-/m0/s1. The van der Waals surface area contributed by atoms with Gasteiger partial charge in [-0.05, 0) is 25.1 Å². The summed E-state index contributed by atoms with van der Waals surface area (Å²) in [6.07, 6.45) is 1.61. The van der Waals surface area contributed by atoms with Gasteiger partial charge in [0.15, 0.2) is 9.84 Å². The number of nitrogens with zero attached hydrogens (tertiary/aromatic N) is 1. The molecule has 1 aromatic carbocycles. The Hall–Kier alpha value is -2.08. The summed E-state index contributed by atoms with van der Waals surface area (Å²) in [5, 5.41) is 3.07. The molecule has 0 radical (unpaired) electrons. The lowest BCUT2D eigenvalue weighted by atomic mass is 10.3. The molecule has 2 rings (SSSR count). The minimum absolute atomic E-state index is 0.00406. The predicted octanol–water partition coefficient (Wildman–Crippen LogP) is 2.36. The third-order valence-corrected chi connectivity index (χ3v) is 4.86. The highest BCUT2D eigenvalue weighted by Crippen LogP contribution is 2.16. The summed E-state index contributed by atoms with van der Waals surface area (Å²) in [6, 6.07) is 11.6. The average molecular weight is 306 g/mol. The Morgan fingerprint density at radius 1 is 1.24 bits per heavy atom. The Balaban J connectivity index is 2.06. The molecule has 0 saturated heterocycles. The maximum atomic E-state index is 12.3. The zero-order valence-electron chi connectivity index (χ0n) is 12.0. The van der Waals surface area contributed by atoms with E-state index in [1.807, 2.05) is 6.92 Å². The number of anilines is 1. The number of hydrogen-bond donors (Lipinski definition) is 1. The van der Waals surface area contributed by atoms with Crippen LogP contribution in [0.4, 0.5) is 5.82 Å². The minimum atomic E-state index is -3.32. The van der Waals surface area contributed by atoms with Crippen LogP contribution in [0.1, 0.15) is 6.92 Å². The molecule has 1 atom stereocenters. The van der Waals surface area contributed by atoms with E-state index in [0.717, 1.165) is 0 Å². The van der Waals surface area contributed by atoms with Gasteiger partial charge in [0, 0.05) is 18.3 Å². The molecule has 0 aliphatic heterocycles. The maximum Gasteiger partial charge on any atom is 0.180 e. The molecule has 5 nitrogen and oxygen atoms in total. The van der Waals surface area contributed by atoms with Gasteiger partial charge in [-0.15, -0.1) is 0 Å². The lowest BCUT2D eigenvalue weighted by molar-refractivity contribution is 0.414. The molecule has 0 saturated carbocycles. The Kier molecular flexibility index (Phi) is 4.80. The van der Waals surface area contributed by atoms with E-state index in [2.05, 4.69) is 10.3 Å². The second kappa shape index (κ2) is 6.58. The number of benzene rings is 1. The van der Waals surface area contributed by atoms with E-state index < -0.39 is 9.84 Å². The number of ether oxygens (including phenoxy) is 1. The number of aromatic nitrogens is 1. The van der Waals surface area contributed by atoms with Gasteiger partial charge in [-0.2, -0.15) is 0 Å². The second-order valence-electron chi connectivity index (χ2n) is 4.72. The molecule has 1 heterocycles. The highest BCUT2D eigenvalue weighted by molar-refractivity contribution is 7.91. The van der Waals surface area contributed by atoms with Crippen LogP contribution < -0.4 is 10.1 Å². The smallest absolute Gasteiger partial charge is 0.180 e. The zero-order valence-corrected chi connectivity index (χ0v) is 12.8. The van der Waals surface area contributed by atoms with Crippen molar-refractivity contribution in [3.63, 3.8) is 0 Å². The fraction of sp³-hybridized carbons (Fsp3) is 0.267. The quantitative estimate of drug-likeness (QED) is 0.887. The molecule has 0 fully saturated rings. The first-order chi connectivity index (χ1) is 10.0. The number of rotatable bonds is 6. The van der Waals surface area contributed by atoms with E-state index in [1.165, 1.54) is 0 Å². The summed E-state index contributed by atoms with van der Waals surface area (Å²) in [7, 11) is -1.75. The summed E-state index contributed by atoms with van der Waals surface area (Å²) >= 11 is 0. The number of sulfone groups is 1. The number of methoxy groups -OCH3 is 1. The monoisotopic (exact) mass is 306 g/mol. The molecule has 21 heavy (non-hydrogen) atoms. The molecular weight excluding hydrogens is 288 g/mol. The zero-order chi connectivity index (χ0) is 15.3. The van der Waals surface area contributed by atoms with E-state index in [9.17, 15) is 8.42 Å². The Morgan fingerprint density at radius 2 is 1.95 bits per heavy atom. The first kappa shape index (κ1) is 15.3. The minimum Gasteiger partial charge on any atom is -0.497 e. The summed E-state index contributed by atoms with van der Waals surface area (Å²) in [4.78, 5) is 4.47. The SMILES string of the molecule is COc1ccnc(N[C@@H](C)CS(=O)(=O)c2ccccc2)c1. The van der Waals surface area contributed by atoms with Crippen molar-refractivity contribution in [3.8, 4) is 5.75 Å². The lowest BCUT2D eigenvalue weighted by Gasteiger charge is -2.15. The lowest BCUT2D eigenvalue weighted by Crippen LogP contribution is -2.26. The van der Waals surface area contributed by atoms with Crippen molar-refractivity contribution in [2.24, 2.45) is 0 Å². The number of hydrogen-bond acceptors (Lipinski definition) is 5. The molecular formula is C15H18N2O3S. The molecule has 2 aromatic rings. The molecule has 0 spiro atoms. The van der Waals surface area contributed by atoms with Gasteiger partial charge >= 0.3 is 0 Å². The van der Waals surface area contributed by atoms with Gasteiger partial charge in [0.05, 0.1) is 17.8 Å². The van der Waals surface area contributed by atoms with Crippen LogP contribution >= 0.6 is 0 Å². The predicted molar refractivity (Wildman–Crippen MR) is 82.4 cm³/mol. The van der Waals surface area contributed by atoms with Gasteiger partial charge in [0.1, 0.15) is 11.6 Å². The highest BCUT2D eigenvalue weighted by Gasteiger charge is 2.18. The third-order valence-electron chi connectivity index (χ3n) is 2.93. The largest absolute Gasteiger partial charge is 0.497 e. The first-order valence-corrected chi connectivity index (χ1v) is 8.21. The van der Waals surface area contributed by atoms with Crippen molar-refractivity contribution in [1.82, 2.24) is 4.98 Å². The molecule has 0 aliphatic carbocycles. The van der Waals surface area contributed by atoms with Crippen molar-refractivity contribution in [3.05, 3.63) is 48.7 Å². The molecule has 0 amide bonds. The van der Waals surface area contributed by atoms with Crippen LogP contribution in [0.5, 0.6) is 5.75 Å². The number of pyridine rings is 1. The fourth-order valence-corrected chi connectivity index (χ4v) is 3.47. The van der Waals surface area contributed by atoms with Crippen LogP contribution in [0.15, 0.2) is 53.6 Å². The topological polar surface area (TPSA) is 68.3 Å². The summed E-state index contributed by atoms with van der Waals surface area (Å²) in [5.41, 5.74) is 0.